The van der Waals surface area contributed by atoms with E-state index in [0.717, 1.165) is 11.8 Å². The van der Waals surface area contributed by atoms with E-state index in [9.17, 15) is 0 Å². The maximum absolute atomic E-state index is 5.50. The van der Waals surface area contributed by atoms with Crippen LogP contribution in [-0.4, -0.2) is 12.2 Å². The van der Waals surface area contributed by atoms with Gasteiger partial charge in [-0.25, -0.2) is 0 Å². The fourth-order valence-corrected chi connectivity index (χ4v) is 1.85. The van der Waals surface area contributed by atoms with Crippen LogP contribution in [0.25, 0.3) is 0 Å². The predicted molar refractivity (Wildman–Crippen MR) is 50.8 cm³/mol. The summed E-state index contributed by atoms with van der Waals surface area (Å²) < 4.78 is 11.0. The molecule has 4 atom stereocenters. The Hall–Kier alpha value is -0.0800. The van der Waals surface area contributed by atoms with Gasteiger partial charge in [0.2, 0.25) is 6.79 Å². The molecule has 0 amide bonds. The highest BCUT2D eigenvalue weighted by molar-refractivity contribution is 4.80. The van der Waals surface area contributed by atoms with Gasteiger partial charge in [-0.15, -0.1) is 0 Å². The second-order valence-electron chi connectivity index (χ2n) is 4.55. The van der Waals surface area contributed by atoms with Crippen molar-refractivity contribution in [2.45, 2.75) is 51.7 Å². The maximum Gasteiger partial charge on any atom is 0.210 e. The third-order valence-electron chi connectivity index (χ3n) is 3.54. The largest absolute Gasteiger partial charge is 0.344 e. The fraction of sp³-hybridized carbons (Fsp3) is 0.909. The zero-order chi connectivity index (χ0) is 9.26. The average molecular weight is 183 g/mol. The number of hydrogen-bond donors (Lipinski definition) is 0. The van der Waals surface area contributed by atoms with Gasteiger partial charge in [0.1, 0.15) is 0 Å². The Labute approximate surface area is 80.6 Å². The van der Waals surface area contributed by atoms with Gasteiger partial charge in [-0.3, -0.25) is 0 Å². The van der Waals surface area contributed by atoms with Crippen molar-refractivity contribution in [2.24, 2.45) is 11.8 Å². The van der Waals surface area contributed by atoms with Crippen LogP contribution in [0.1, 0.15) is 39.5 Å². The second-order valence-corrected chi connectivity index (χ2v) is 4.55. The first-order valence-corrected chi connectivity index (χ1v) is 5.40. The van der Waals surface area contributed by atoms with Crippen LogP contribution in [0.5, 0.6) is 0 Å². The molecule has 0 aromatic heterocycles. The molecule has 2 aliphatic rings. The van der Waals surface area contributed by atoms with Gasteiger partial charge in [-0.05, 0) is 37.5 Å². The van der Waals surface area contributed by atoms with Gasteiger partial charge < -0.3 is 9.47 Å². The molecule has 0 N–H and O–H groups in total. The van der Waals surface area contributed by atoms with Gasteiger partial charge >= 0.3 is 0 Å². The molecule has 0 aliphatic heterocycles. The first-order chi connectivity index (χ1) is 6.27. The van der Waals surface area contributed by atoms with E-state index >= 15 is 0 Å². The van der Waals surface area contributed by atoms with Crippen molar-refractivity contribution in [3.05, 3.63) is 6.79 Å². The van der Waals surface area contributed by atoms with Crippen molar-refractivity contribution in [1.82, 2.24) is 0 Å². The van der Waals surface area contributed by atoms with Gasteiger partial charge in [0.25, 0.3) is 0 Å². The Morgan fingerprint density at radius 3 is 1.54 bits per heavy atom. The molecule has 2 fully saturated rings. The summed E-state index contributed by atoms with van der Waals surface area (Å²) in [6.07, 6.45) is 5.85. The summed E-state index contributed by atoms with van der Waals surface area (Å²) in [5.74, 6) is 1.44. The number of rotatable bonds is 4. The summed E-state index contributed by atoms with van der Waals surface area (Å²) in [6.45, 7) is 6.04. The van der Waals surface area contributed by atoms with Gasteiger partial charge in [-0.1, -0.05) is 13.8 Å². The molecule has 2 aliphatic carbocycles. The highest BCUT2D eigenvalue weighted by atomic mass is 16.7. The maximum atomic E-state index is 5.50. The zero-order valence-corrected chi connectivity index (χ0v) is 8.53. The Kier molecular flexibility index (Phi) is 2.89. The SMILES string of the molecule is CC1CCC1O[CH]OC1CCC1C. The van der Waals surface area contributed by atoms with E-state index < -0.39 is 0 Å². The molecule has 2 rings (SSSR count). The number of ether oxygens (including phenoxy) is 2. The Morgan fingerprint density at radius 2 is 1.31 bits per heavy atom. The summed E-state index contributed by atoms with van der Waals surface area (Å²) in [4.78, 5) is 0. The van der Waals surface area contributed by atoms with Gasteiger partial charge in [0, 0.05) is 0 Å². The molecule has 1 radical (unpaired) electrons. The second kappa shape index (κ2) is 3.97. The van der Waals surface area contributed by atoms with Crippen LogP contribution in [0.3, 0.4) is 0 Å². The normalized spacial score (nSPS) is 43.8. The average Bonchev–Trinajstić information content (AvgIpc) is 2.12. The van der Waals surface area contributed by atoms with Crippen LogP contribution in [0.2, 0.25) is 0 Å². The van der Waals surface area contributed by atoms with E-state index in [0.29, 0.717) is 12.2 Å². The summed E-state index contributed by atoms with van der Waals surface area (Å²) in [5.41, 5.74) is 0. The van der Waals surface area contributed by atoms with Crippen LogP contribution in [0.4, 0.5) is 0 Å². The molecular weight excluding hydrogens is 164 g/mol. The molecule has 2 nitrogen and oxygen atoms in total. The quantitative estimate of drug-likeness (QED) is 0.667. The molecule has 0 aromatic rings. The molecule has 0 bridgehead atoms. The van der Waals surface area contributed by atoms with Gasteiger partial charge in [0.05, 0.1) is 12.2 Å². The van der Waals surface area contributed by atoms with Crippen LogP contribution in [0, 0.1) is 18.6 Å². The molecule has 2 saturated carbocycles. The van der Waals surface area contributed by atoms with E-state index in [1.165, 1.54) is 25.7 Å². The summed E-state index contributed by atoms with van der Waals surface area (Å²) >= 11 is 0. The summed E-state index contributed by atoms with van der Waals surface area (Å²) in [7, 11) is 0. The fourth-order valence-electron chi connectivity index (χ4n) is 1.85. The van der Waals surface area contributed by atoms with Crippen molar-refractivity contribution >= 4 is 0 Å². The third-order valence-corrected chi connectivity index (χ3v) is 3.54. The van der Waals surface area contributed by atoms with E-state index in [-0.39, 0.29) is 0 Å². The molecule has 0 saturated heterocycles. The van der Waals surface area contributed by atoms with Crippen molar-refractivity contribution < 1.29 is 9.47 Å². The first-order valence-electron chi connectivity index (χ1n) is 5.40. The lowest BCUT2D eigenvalue weighted by Gasteiger charge is -2.36. The molecule has 0 heterocycles. The van der Waals surface area contributed by atoms with Crippen LogP contribution in [-0.2, 0) is 9.47 Å². The van der Waals surface area contributed by atoms with E-state index in [4.69, 9.17) is 9.47 Å². The van der Waals surface area contributed by atoms with Crippen LogP contribution >= 0.6 is 0 Å². The van der Waals surface area contributed by atoms with Crippen LogP contribution < -0.4 is 0 Å². The smallest absolute Gasteiger partial charge is 0.210 e. The predicted octanol–water partition coefficient (Wildman–Crippen LogP) is 2.74. The number of hydrogen-bond acceptors (Lipinski definition) is 2. The zero-order valence-electron chi connectivity index (χ0n) is 8.53. The monoisotopic (exact) mass is 183 g/mol. The molecule has 75 valence electrons. The molecule has 4 unspecified atom stereocenters. The van der Waals surface area contributed by atoms with Crippen LogP contribution in [0.15, 0.2) is 0 Å². The first kappa shape index (κ1) is 9.47. The molecule has 13 heavy (non-hydrogen) atoms. The Balaban J connectivity index is 1.53. The lowest BCUT2D eigenvalue weighted by molar-refractivity contribution is -0.124. The minimum Gasteiger partial charge on any atom is -0.344 e. The third kappa shape index (κ3) is 2.05. The topological polar surface area (TPSA) is 18.5 Å². The molecule has 0 aromatic carbocycles. The van der Waals surface area contributed by atoms with Crippen molar-refractivity contribution in [3.63, 3.8) is 0 Å². The van der Waals surface area contributed by atoms with E-state index in [1.807, 2.05) is 0 Å². The van der Waals surface area contributed by atoms with Gasteiger partial charge in [0.15, 0.2) is 0 Å². The Morgan fingerprint density at radius 1 is 0.846 bits per heavy atom. The highest BCUT2D eigenvalue weighted by Crippen LogP contribution is 2.33. The molecule has 2 heteroatoms. The highest BCUT2D eigenvalue weighted by Gasteiger charge is 2.30. The lowest BCUT2D eigenvalue weighted by atomic mass is 9.83. The van der Waals surface area contributed by atoms with Crippen molar-refractivity contribution in [2.75, 3.05) is 0 Å². The van der Waals surface area contributed by atoms with Crippen molar-refractivity contribution in [1.29, 1.82) is 0 Å². The standard InChI is InChI=1S/C11H19O2/c1-8-3-5-10(8)12-7-13-11-6-4-9(11)2/h7-11H,3-6H2,1-2H3. The van der Waals surface area contributed by atoms with E-state index in [2.05, 4.69) is 13.8 Å². The van der Waals surface area contributed by atoms with Crippen molar-refractivity contribution in [3.8, 4) is 0 Å². The minimum atomic E-state index is 0.426. The molecular formula is C11H19O2. The summed E-state index contributed by atoms with van der Waals surface area (Å²) in [6, 6.07) is 0. The lowest BCUT2D eigenvalue weighted by Crippen LogP contribution is -2.34. The molecule has 0 spiro atoms. The Bertz CT molecular complexity index is 151. The summed E-state index contributed by atoms with van der Waals surface area (Å²) in [5, 5.41) is 0. The van der Waals surface area contributed by atoms with Gasteiger partial charge in [-0.2, -0.15) is 0 Å². The van der Waals surface area contributed by atoms with E-state index in [1.54, 1.807) is 6.79 Å². The minimum absolute atomic E-state index is 0.426.